The molecular formula is C24H29N3O3. The minimum Gasteiger partial charge on any atom is -0.379 e. The van der Waals surface area contributed by atoms with Gasteiger partial charge in [-0.2, -0.15) is 0 Å². The van der Waals surface area contributed by atoms with Crippen molar-refractivity contribution in [3.63, 3.8) is 0 Å². The molecule has 6 nitrogen and oxygen atoms in total. The lowest BCUT2D eigenvalue weighted by Gasteiger charge is -2.27. The van der Waals surface area contributed by atoms with E-state index in [0.717, 1.165) is 44.0 Å². The predicted molar refractivity (Wildman–Crippen MR) is 117 cm³/mol. The van der Waals surface area contributed by atoms with Crippen molar-refractivity contribution in [3.05, 3.63) is 77.4 Å². The summed E-state index contributed by atoms with van der Waals surface area (Å²) in [5, 5.41) is 5.64. The molecule has 2 aromatic rings. The summed E-state index contributed by atoms with van der Waals surface area (Å²) >= 11 is 0. The van der Waals surface area contributed by atoms with Gasteiger partial charge in [0, 0.05) is 32.3 Å². The third kappa shape index (κ3) is 6.83. The van der Waals surface area contributed by atoms with E-state index in [2.05, 4.69) is 21.6 Å². The molecule has 0 bridgehead atoms. The number of ether oxygens (including phenoxy) is 1. The zero-order valence-electron chi connectivity index (χ0n) is 17.3. The SMILES string of the molecule is C[C@H](NC(=O)/C=C/c1ccccc1)C(=O)NCc1ccccc1CN1CCOCC1. The van der Waals surface area contributed by atoms with Crippen LogP contribution in [0.15, 0.2) is 60.7 Å². The number of amides is 2. The van der Waals surface area contributed by atoms with Crippen LogP contribution in [0.2, 0.25) is 0 Å². The summed E-state index contributed by atoms with van der Waals surface area (Å²) < 4.78 is 5.41. The molecule has 1 atom stereocenters. The van der Waals surface area contributed by atoms with E-state index in [0.29, 0.717) is 6.54 Å². The van der Waals surface area contributed by atoms with Crippen LogP contribution in [-0.2, 0) is 27.4 Å². The largest absolute Gasteiger partial charge is 0.379 e. The second kappa shape index (κ2) is 11.3. The van der Waals surface area contributed by atoms with Crippen molar-refractivity contribution in [2.75, 3.05) is 26.3 Å². The molecule has 1 aliphatic heterocycles. The van der Waals surface area contributed by atoms with E-state index in [1.54, 1.807) is 13.0 Å². The van der Waals surface area contributed by atoms with Crippen molar-refractivity contribution >= 4 is 17.9 Å². The number of rotatable bonds is 8. The molecule has 0 aromatic heterocycles. The topological polar surface area (TPSA) is 70.7 Å². The number of benzene rings is 2. The number of carbonyl (C=O) groups is 2. The van der Waals surface area contributed by atoms with Crippen LogP contribution in [0.25, 0.3) is 6.08 Å². The van der Waals surface area contributed by atoms with Gasteiger partial charge in [0.25, 0.3) is 0 Å². The molecule has 6 heteroatoms. The smallest absolute Gasteiger partial charge is 0.244 e. The molecule has 1 heterocycles. The zero-order chi connectivity index (χ0) is 21.2. The Labute approximate surface area is 177 Å². The maximum absolute atomic E-state index is 12.5. The minimum absolute atomic E-state index is 0.211. The summed E-state index contributed by atoms with van der Waals surface area (Å²) in [5.74, 6) is -0.508. The summed E-state index contributed by atoms with van der Waals surface area (Å²) in [7, 11) is 0. The molecule has 30 heavy (non-hydrogen) atoms. The van der Waals surface area contributed by atoms with Crippen LogP contribution in [0.5, 0.6) is 0 Å². The molecule has 2 N–H and O–H groups in total. The second-order valence-electron chi connectivity index (χ2n) is 7.35. The predicted octanol–water partition coefficient (Wildman–Crippen LogP) is 2.35. The molecule has 3 rings (SSSR count). The number of hydrogen-bond donors (Lipinski definition) is 2. The van der Waals surface area contributed by atoms with Crippen molar-refractivity contribution < 1.29 is 14.3 Å². The molecule has 1 aliphatic rings. The highest BCUT2D eigenvalue weighted by molar-refractivity contribution is 5.95. The Morgan fingerprint density at radius 1 is 1.03 bits per heavy atom. The minimum atomic E-state index is -0.621. The Morgan fingerprint density at radius 2 is 1.70 bits per heavy atom. The van der Waals surface area contributed by atoms with Crippen LogP contribution in [0.1, 0.15) is 23.6 Å². The molecule has 0 spiro atoms. The van der Waals surface area contributed by atoms with E-state index in [1.165, 1.54) is 11.6 Å². The van der Waals surface area contributed by atoms with Gasteiger partial charge in [-0.3, -0.25) is 14.5 Å². The highest BCUT2D eigenvalue weighted by Gasteiger charge is 2.16. The molecule has 1 fully saturated rings. The third-order valence-electron chi connectivity index (χ3n) is 5.05. The molecule has 2 amide bonds. The first-order chi connectivity index (χ1) is 14.6. The van der Waals surface area contributed by atoms with Crippen molar-refractivity contribution in [3.8, 4) is 0 Å². The van der Waals surface area contributed by atoms with E-state index in [-0.39, 0.29) is 11.8 Å². The van der Waals surface area contributed by atoms with Crippen LogP contribution in [0, 0.1) is 0 Å². The van der Waals surface area contributed by atoms with Crippen molar-refractivity contribution in [2.45, 2.75) is 26.1 Å². The maximum atomic E-state index is 12.5. The molecule has 0 radical (unpaired) electrons. The van der Waals surface area contributed by atoms with Gasteiger partial charge in [-0.1, -0.05) is 54.6 Å². The Balaban J connectivity index is 1.48. The highest BCUT2D eigenvalue weighted by atomic mass is 16.5. The molecule has 0 unspecified atom stereocenters. The Morgan fingerprint density at radius 3 is 2.43 bits per heavy atom. The summed E-state index contributed by atoms with van der Waals surface area (Å²) in [6, 6.07) is 17.1. The van der Waals surface area contributed by atoms with Gasteiger partial charge < -0.3 is 15.4 Å². The Kier molecular flexibility index (Phi) is 8.18. The lowest BCUT2D eigenvalue weighted by atomic mass is 10.1. The van der Waals surface area contributed by atoms with Gasteiger partial charge >= 0.3 is 0 Å². The lowest BCUT2D eigenvalue weighted by Crippen LogP contribution is -2.44. The Bertz CT molecular complexity index is 861. The monoisotopic (exact) mass is 407 g/mol. The van der Waals surface area contributed by atoms with Gasteiger partial charge in [0.05, 0.1) is 13.2 Å². The fourth-order valence-corrected chi connectivity index (χ4v) is 3.28. The van der Waals surface area contributed by atoms with E-state index in [4.69, 9.17) is 4.74 Å². The van der Waals surface area contributed by atoms with Gasteiger partial charge in [0.2, 0.25) is 11.8 Å². The summed E-state index contributed by atoms with van der Waals surface area (Å²) in [5.41, 5.74) is 3.21. The lowest BCUT2D eigenvalue weighted by molar-refractivity contribution is -0.126. The number of nitrogens with one attached hydrogen (secondary N) is 2. The first-order valence-corrected chi connectivity index (χ1v) is 10.3. The first-order valence-electron chi connectivity index (χ1n) is 10.3. The highest BCUT2D eigenvalue weighted by Crippen LogP contribution is 2.13. The fourth-order valence-electron chi connectivity index (χ4n) is 3.28. The van der Waals surface area contributed by atoms with Crippen LogP contribution in [-0.4, -0.2) is 49.1 Å². The standard InChI is InChI=1S/C24H29N3O3/c1-19(26-23(28)12-11-20-7-3-2-4-8-20)24(29)25-17-21-9-5-6-10-22(21)18-27-13-15-30-16-14-27/h2-12,19H,13-18H2,1H3,(H,25,29)(H,26,28)/b12-11+/t19-/m0/s1. The number of hydrogen-bond acceptors (Lipinski definition) is 4. The zero-order valence-corrected chi connectivity index (χ0v) is 17.3. The van der Waals surface area contributed by atoms with E-state index in [1.807, 2.05) is 48.5 Å². The maximum Gasteiger partial charge on any atom is 0.244 e. The van der Waals surface area contributed by atoms with Gasteiger partial charge in [-0.05, 0) is 29.7 Å². The first kappa shape index (κ1) is 21.7. The fraction of sp³-hybridized carbons (Fsp3) is 0.333. The summed E-state index contributed by atoms with van der Waals surface area (Å²) in [6.45, 7) is 6.30. The van der Waals surface area contributed by atoms with Crippen molar-refractivity contribution in [1.82, 2.24) is 15.5 Å². The normalized spacial score (nSPS) is 15.6. The molecule has 0 aliphatic carbocycles. The quantitative estimate of drug-likeness (QED) is 0.659. The number of morpholine rings is 1. The molecule has 1 saturated heterocycles. The third-order valence-corrected chi connectivity index (χ3v) is 5.05. The average molecular weight is 408 g/mol. The second-order valence-corrected chi connectivity index (χ2v) is 7.35. The van der Waals surface area contributed by atoms with Gasteiger partial charge in [0.15, 0.2) is 0 Å². The molecule has 158 valence electrons. The van der Waals surface area contributed by atoms with E-state index < -0.39 is 6.04 Å². The van der Waals surface area contributed by atoms with Crippen molar-refractivity contribution in [1.29, 1.82) is 0 Å². The summed E-state index contributed by atoms with van der Waals surface area (Å²) in [6.07, 6.45) is 3.17. The van der Waals surface area contributed by atoms with Crippen LogP contribution < -0.4 is 10.6 Å². The molecular weight excluding hydrogens is 378 g/mol. The Hall–Kier alpha value is -2.96. The van der Waals surface area contributed by atoms with Crippen LogP contribution >= 0.6 is 0 Å². The number of nitrogens with zero attached hydrogens (tertiary/aromatic N) is 1. The van der Waals surface area contributed by atoms with E-state index in [9.17, 15) is 9.59 Å². The number of carbonyl (C=O) groups excluding carboxylic acids is 2. The summed E-state index contributed by atoms with van der Waals surface area (Å²) in [4.78, 5) is 26.9. The van der Waals surface area contributed by atoms with Crippen LogP contribution in [0.4, 0.5) is 0 Å². The average Bonchev–Trinajstić information content (AvgIpc) is 2.78. The van der Waals surface area contributed by atoms with Gasteiger partial charge in [-0.15, -0.1) is 0 Å². The van der Waals surface area contributed by atoms with Crippen molar-refractivity contribution in [2.24, 2.45) is 0 Å². The van der Waals surface area contributed by atoms with Crippen LogP contribution in [0.3, 0.4) is 0 Å². The van der Waals surface area contributed by atoms with Gasteiger partial charge in [-0.25, -0.2) is 0 Å². The molecule has 2 aromatic carbocycles. The van der Waals surface area contributed by atoms with Gasteiger partial charge in [0.1, 0.15) is 6.04 Å². The van der Waals surface area contributed by atoms with E-state index >= 15 is 0 Å². The molecule has 0 saturated carbocycles.